The Hall–Kier alpha value is -0.0800. The van der Waals surface area contributed by atoms with Gasteiger partial charge in [0.2, 0.25) is 0 Å². The minimum atomic E-state index is -0.0324. The lowest BCUT2D eigenvalue weighted by Gasteiger charge is -2.56. The normalized spacial score (nSPS) is 53.5. The maximum Gasteiger partial charge on any atom is 0.105 e. The SMILES string of the molecule is CC1(C)CCC[C@@]2(C)[C@H]1CC[C@]1(C)O[C@]21CCO. The molecule has 2 nitrogen and oxygen atoms in total. The van der Waals surface area contributed by atoms with E-state index in [1.165, 1.54) is 32.1 Å². The summed E-state index contributed by atoms with van der Waals surface area (Å²) in [5, 5.41) is 9.48. The maximum atomic E-state index is 9.48. The summed E-state index contributed by atoms with van der Waals surface area (Å²) in [6, 6.07) is 0. The van der Waals surface area contributed by atoms with Crippen LogP contribution in [0.4, 0.5) is 0 Å². The van der Waals surface area contributed by atoms with Crippen molar-refractivity contribution in [2.75, 3.05) is 6.61 Å². The second kappa shape index (κ2) is 3.52. The largest absolute Gasteiger partial charge is 0.396 e. The molecule has 0 spiro atoms. The third-order valence-electron chi connectivity index (χ3n) is 6.74. The molecule has 0 aromatic rings. The summed E-state index contributed by atoms with van der Waals surface area (Å²) in [4.78, 5) is 0. The molecular formula is C16H28O2. The molecule has 1 saturated heterocycles. The number of hydrogen-bond acceptors (Lipinski definition) is 2. The van der Waals surface area contributed by atoms with E-state index in [9.17, 15) is 5.11 Å². The molecule has 1 aliphatic heterocycles. The van der Waals surface area contributed by atoms with Crippen LogP contribution in [0.25, 0.3) is 0 Å². The minimum absolute atomic E-state index is 0.0324. The molecule has 18 heavy (non-hydrogen) atoms. The fourth-order valence-corrected chi connectivity index (χ4v) is 5.83. The number of aliphatic hydroxyl groups is 1. The van der Waals surface area contributed by atoms with Gasteiger partial charge in [-0.3, -0.25) is 0 Å². The van der Waals surface area contributed by atoms with E-state index in [1.54, 1.807) is 0 Å². The second-order valence-electron chi connectivity index (χ2n) is 7.98. The maximum absolute atomic E-state index is 9.48. The van der Waals surface area contributed by atoms with Gasteiger partial charge in [-0.1, -0.05) is 27.2 Å². The van der Waals surface area contributed by atoms with E-state index < -0.39 is 0 Å². The lowest BCUT2D eigenvalue weighted by Crippen LogP contribution is -2.56. The molecule has 3 aliphatic rings. The molecule has 0 aromatic heterocycles. The Morgan fingerprint density at radius 3 is 2.50 bits per heavy atom. The Kier molecular flexibility index (Phi) is 2.53. The first-order valence-electron chi connectivity index (χ1n) is 7.62. The Bertz CT molecular complexity index is 360. The summed E-state index contributed by atoms with van der Waals surface area (Å²) < 4.78 is 6.30. The zero-order valence-corrected chi connectivity index (χ0v) is 12.4. The molecular weight excluding hydrogens is 224 g/mol. The van der Waals surface area contributed by atoms with Crippen molar-refractivity contribution in [2.24, 2.45) is 16.7 Å². The van der Waals surface area contributed by atoms with E-state index in [1.807, 2.05) is 0 Å². The summed E-state index contributed by atoms with van der Waals surface area (Å²) in [5.74, 6) is 0.751. The van der Waals surface area contributed by atoms with Gasteiger partial charge in [-0.2, -0.15) is 0 Å². The van der Waals surface area contributed by atoms with Crippen LogP contribution in [0.1, 0.15) is 66.2 Å². The number of rotatable bonds is 2. The fraction of sp³-hybridized carbons (Fsp3) is 1.00. The van der Waals surface area contributed by atoms with Crippen molar-refractivity contribution in [1.82, 2.24) is 0 Å². The van der Waals surface area contributed by atoms with Crippen LogP contribution < -0.4 is 0 Å². The number of epoxide rings is 1. The molecule has 3 rings (SSSR count). The van der Waals surface area contributed by atoms with E-state index in [4.69, 9.17) is 4.74 Å². The average molecular weight is 252 g/mol. The van der Waals surface area contributed by atoms with E-state index in [-0.39, 0.29) is 23.2 Å². The fourth-order valence-electron chi connectivity index (χ4n) is 5.83. The van der Waals surface area contributed by atoms with Crippen LogP contribution in [0, 0.1) is 16.7 Å². The zero-order chi connectivity index (χ0) is 13.2. The second-order valence-corrected chi connectivity index (χ2v) is 7.98. The molecule has 0 bridgehead atoms. The third kappa shape index (κ3) is 1.31. The van der Waals surface area contributed by atoms with Crippen LogP contribution in [0.5, 0.6) is 0 Å². The van der Waals surface area contributed by atoms with Gasteiger partial charge in [0.15, 0.2) is 0 Å². The van der Waals surface area contributed by atoms with Gasteiger partial charge >= 0.3 is 0 Å². The lowest BCUT2D eigenvalue weighted by atomic mass is 9.46. The Morgan fingerprint density at radius 2 is 1.83 bits per heavy atom. The van der Waals surface area contributed by atoms with Crippen molar-refractivity contribution in [3.05, 3.63) is 0 Å². The van der Waals surface area contributed by atoms with Crippen LogP contribution in [0.2, 0.25) is 0 Å². The standard InChI is InChI=1S/C16H28O2/c1-13(2)7-5-8-14(3)12(13)6-9-15(4)16(14,18-15)10-11-17/h12,17H,5-11H2,1-4H3/t12-,14-,15-,16+/m0/s1. The van der Waals surface area contributed by atoms with Gasteiger partial charge in [0.05, 0.1) is 5.60 Å². The van der Waals surface area contributed by atoms with Gasteiger partial charge < -0.3 is 9.84 Å². The van der Waals surface area contributed by atoms with E-state index >= 15 is 0 Å². The van der Waals surface area contributed by atoms with Crippen LogP contribution in [-0.4, -0.2) is 22.9 Å². The Balaban J connectivity index is 2.00. The summed E-state index contributed by atoms with van der Waals surface area (Å²) in [5.41, 5.74) is 0.719. The summed E-state index contributed by atoms with van der Waals surface area (Å²) in [6.45, 7) is 9.85. The predicted molar refractivity (Wildman–Crippen MR) is 72.4 cm³/mol. The monoisotopic (exact) mass is 252 g/mol. The quantitative estimate of drug-likeness (QED) is 0.763. The molecule has 2 aliphatic carbocycles. The van der Waals surface area contributed by atoms with Gasteiger partial charge in [-0.15, -0.1) is 0 Å². The Morgan fingerprint density at radius 1 is 1.11 bits per heavy atom. The van der Waals surface area contributed by atoms with Crippen molar-refractivity contribution >= 4 is 0 Å². The molecule has 0 amide bonds. The molecule has 0 unspecified atom stereocenters. The predicted octanol–water partition coefficient (Wildman–Crippen LogP) is 3.52. The average Bonchev–Trinajstić information content (AvgIpc) is 2.85. The molecule has 1 N–H and O–H groups in total. The van der Waals surface area contributed by atoms with Crippen molar-refractivity contribution < 1.29 is 9.84 Å². The molecule has 104 valence electrons. The molecule has 0 radical (unpaired) electrons. The van der Waals surface area contributed by atoms with E-state index in [0.29, 0.717) is 5.41 Å². The number of aliphatic hydroxyl groups excluding tert-OH is 1. The highest BCUT2D eigenvalue weighted by atomic mass is 16.6. The molecule has 2 saturated carbocycles. The summed E-state index contributed by atoms with van der Waals surface area (Å²) in [7, 11) is 0. The van der Waals surface area contributed by atoms with E-state index in [2.05, 4.69) is 27.7 Å². The van der Waals surface area contributed by atoms with Gasteiger partial charge in [0.1, 0.15) is 5.60 Å². The first-order valence-corrected chi connectivity index (χ1v) is 7.62. The molecule has 1 heterocycles. The summed E-state index contributed by atoms with van der Waals surface area (Å²) >= 11 is 0. The first kappa shape index (κ1) is 12.9. The highest BCUT2D eigenvalue weighted by Crippen LogP contribution is 2.73. The molecule has 4 atom stereocenters. The smallest absolute Gasteiger partial charge is 0.105 e. The number of hydrogen-bond donors (Lipinski definition) is 1. The van der Waals surface area contributed by atoms with Crippen molar-refractivity contribution in [2.45, 2.75) is 77.4 Å². The zero-order valence-electron chi connectivity index (χ0n) is 12.4. The lowest BCUT2D eigenvalue weighted by molar-refractivity contribution is -0.0758. The van der Waals surface area contributed by atoms with Gasteiger partial charge in [-0.25, -0.2) is 0 Å². The topological polar surface area (TPSA) is 32.8 Å². The number of fused-ring (bicyclic) bond motifs is 3. The summed E-state index contributed by atoms with van der Waals surface area (Å²) in [6.07, 6.45) is 7.24. The van der Waals surface area contributed by atoms with Crippen LogP contribution in [0.15, 0.2) is 0 Å². The van der Waals surface area contributed by atoms with Crippen molar-refractivity contribution in [3.8, 4) is 0 Å². The third-order valence-corrected chi connectivity index (χ3v) is 6.74. The van der Waals surface area contributed by atoms with Crippen LogP contribution in [0.3, 0.4) is 0 Å². The molecule has 2 heteroatoms. The molecule has 3 fully saturated rings. The van der Waals surface area contributed by atoms with Gasteiger partial charge in [0, 0.05) is 18.4 Å². The van der Waals surface area contributed by atoms with Crippen molar-refractivity contribution in [3.63, 3.8) is 0 Å². The highest BCUT2D eigenvalue weighted by Gasteiger charge is 2.78. The highest BCUT2D eigenvalue weighted by molar-refractivity contribution is 5.26. The van der Waals surface area contributed by atoms with Crippen molar-refractivity contribution in [1.29, 1.82) is 0 Å². The Labute approximate surface area is 111 Å². The molecule has 0 aromatic carbocycles. The van der Waals surface area contributed by atoms with Crippen LogP contribution >= 0.6 is 0 Å². The van der Waals surface area contributed by atoms with Gasteiger partial charge in [0.25, 0.3) is 0 Å². The number of ether oxygens (including phenoxy) is 1. The van der Waals surface area contributed by atoms with E-state index in [0.717, 1.165) is 12.3 Å². The minimum Gasteiger partial charge on any atom is -0.396 e. The first-order chi connectivity index (χ1) is 8.31. The van der Waals surface area contributed by atoms with Crippen LogP contribution in [-0.2, 0) is 4.74 Å². The van der Waals surface area contributed by atoms with Gasteiger partial charge in [-0.05, 0) is 43.9 Å².